The number of amides is 3. The van der Waals surface area contributed by atoms with E-state index in [4.69, 9.17) is 4.74 Å². The first kappa shape index (κ1) is 28.2. The van der Waals surface area contributed by atoms with E-state index in [-0.39, 0.29) is 35.7 Å². The first-order valence-corrected chi connectivity index (χ1v) is 15.2. The Labute approximate surface area is 258 Å². The Morgan fingerprint density at radius 1 is 0.897 bits per heavy atom. The summed E-state index contributed by atoms with van der Waals surface area (Å²) in [5.74, 6) is -1.92. The number of halogens is 4. The molecule has 2 heterocycles. The van der Waals surface area contributed by atoms with Crippen molar-refractivity contribution in [2.45, 2.75) is 26.7 Å². The maximum atomic E-state index is 13.3. The van der Waals surface area contributed by atoms with E-state index in [1.54, 1.807) is 24.0 Å². The van der Waals surface area contributed by atoms with Crippen LogP contribution >= 0.6 is 63.7 Å². The number of ether oxygens (including phenoxy) is 1. The fourth-order valence-electron chi connectivity index (χ4n) is 4.74. The molecule has 200 valence electrons. The van der Waals surface area contributed by atoms with Crippen LogP contribution in [0.25, 0.3) is 0 Å². The lowest BCUT2D eigenvalue weighted by Gasteiger charge is -2.18. The second-order valence-electron chi connectivity index (χ2n) is 9.25. The van der Waals surface area contributed by atoms with Gasteiger partial charge in [-0.15, -0.1) is 0 Å². The summed E-state index contributed by atoms with van der Waals surface area (Å²) in [4.78, 5) is 55.0. The zero-order valence-electron chi connectivity index (χ0n) is 20.7. The third kappa shape index (κ3) is 4.92. The van der Waals surface area contributed by atoms with Crippen LogP contribution in [0.1, 0.15) is 45.2 Å². The summed E-state index contributed by atoms with van der Waals surface area (Å²) in [6.45, 7) is 4.03. The topological polar surface area (TPSA) is 84.0 Å². The normalized spacial score (nSPS) is 16.8. The van der Waals surface area contributed by atoms with Crippen molar-refractivity contribution >= 4 is 98.8 Å². The quantitative estimate of drug-likeness (QED) is 0.0888. The van der Waals surface area contributed by atoms with Gasteiger partial charge >= 0.3 is 5.97 Å². The molecule has 39 heavy (non-hydrogen) atoms. The highest BCUT2D eigenvalue weighted by Crippen LogP contribution is 2.46. The van der Waals surface area contributed by atoms with E-state index in [2.05, 4.69) is 70.6 Å². The van der Waals surface area contributed by atoms with Crippen LogP contribution in [0.5, 0.6) is 5.75 Å². The molecule has 0 spiro atoms. The lowest BCUT2D eigenvalue weighted by Crippen LogP contribution is -2.30. The Kier molecular flexibility index (Phi) is 7.89. The molecule has 0 bridgehead atoms. The van der Waals surface area contributed by atoms with Gasteiger partial charge in [0.15, 0.2) is 0 Å². The van der Waals surface area contributed by atoms with E-state index < -0.39 is 23.7 Å². The van der Waals surface area contributed by atoms with Gasteiger partial charge in [0.05, 0.1) is 22.7 Å². The number of rotatable bonds is 5. The first-order valence-electron chi connectivity index (χ1n) is 12.0. The molecular weight excluding hydrogens is 764 g/mol. The highest BCUT2D eigenvalue weighted by molar-refractivity contribution is 9.15. The Balaban J connectivity index is 1.33. The lowest BCUT2D eigenvalue weighted by molar-refractivity contribution is -0.139. The largest absolute Gasteiger partial charge is 0.426 e. The number of fused-ring (bicyclic) bond motifs is 1. The fourth-order valence-corrected chi connectivity index (χ4v) is 7.19. The number of nitrogens with zero attached hydrogens (tertiary/aromatic N) is 2. The molecule has 7 nitrogen and oxygen atoms in total. The van der Waals surface area contributed by atoms with E-state index in [1.807, 2.05) is 24.3 Å². The van der Waals surface area contributed by atoms with Crippen LogP contribution in [0.4, 0.5) is 11.4 Å². The SMILES string of the molecule is CCc1ccc(N2C[C@@H](C(=O)Oc3ccc(N4C(=O)c5c(Br)c(Br)c(Br)c(Br)c5C4=O)c(C)c3)CC2=O)cc1. The standard InChI is InChI=1S/C28H20Br4N2O5/c1-3-14-4-6-16(7-5-14)33-12-15(11-19(33)35)28(38)39-17-8-9-18(13(2)10-17)34-26(36)20-21(27(34)37)23(30)25(32)24(31)22(20)29/h4-10,15H,3,11-12H2,1-2H3/t15-/m0/s1. The summed E-state index contributed by atoms with van der Waals surface area (Å²) in [6.07, 6.45) is 0.967. The molecule has 1 atom stereocenters. The van der Waals surface area contributed by atoms with Crippen LogP contribution in [-0.2, 0) is 16.0 Å². The highest BCUT2D eigenvalue weighted by atomic mass is 79.9. The van der Waals surface area contributed by atoms with Crippen LogP contribution in [-0.4, -0.2) is 30.2 Å². The Morgan fingerprint density at radius 2 is 1.49 bits per heavy atom. The second-order valence-corrected chi connectivity index (χ2v) is 12.4. The molecule has 1 saturated heterocycles. The molecule has 3 aromatic carbocycles. The number of benzene rings is 3. The van der Waals surface area contributed by atoms with E-state index in [0.717, 1.165) is 17.0 Å². The minimum atomic E-state index is -0.605. The molecule has 11 heteroatoms. The molecule has 0 aromatic heterocycles. The van der Waals surface area contributed by atoms with Crippen molar-refractivity contribution in [3.8, 4) is 5.75 Å². The Bertz CT molecular complexity index is 1520. The third-order valence-corrected chi connectivity index (χ3v) is 11.6. The van der Waals surface area contributed by atoms with Gasteiger partial charge in [0.1, 0.15) is 5.75 Å². The molecule has 0 radical (unpaired) electrons. The van der Waals surface area contributed by atoms with Crippen LogP contribution in [0.2, 0.25) is 0 Å². The van der Waals surface area contributed by atoms with Crippen molar-refractivity contribution in [3.63, 3.8) is 0 Å². The number of hydrogen-bond acceptors (Lipinski definition) is 5. The molecule has 2 aliphatic rings. The van der Waals surface area contributed by atoms with Crippen LogP contribution in [0.15, 0.2) is 60.4 Å². The zero-order valence-corrected chi connectivity index (χ0v) is 27.0. The number of carbonyl (C=O) groups is 4. The summed E-state index contributed by atoms with van der Waals surface area (Å²) in [6, 6.07) is 12.4. The maximum absolute atomic E-state index is 13.3. The van der Waals surface area contributed by atoms with Gasteiger partial charge in [-0.05, 0) is 119 Å². The zero-order chi connectivity index (χ0) is 28.2. The molecule has 3 amide bonds. The molecule has 5 rings (SSSR count). The first-order chi connectivity index (χ1) is 18.5. The molecule has 3 aromatic rings. The number of carbonyl (C=O) groups excluding carboxylic acids is 4. The van der Waals surface area contributed by atoms with Crippen molar-refractivity contribution < 1.29 is 23.9 Å². The smallest absolute Gasteiger partial charge is 0.316 e. The second kappa shape index (κ2) is 10.9. The summed E-state index contributed by atoms with van der Waals surface area (Å²) in [5, 5.41) is 0. The van der Waals surface area contributed by atoms with Crippen LogP contribution < -0.4 is 14.5 Å². The van der Waals surface area contributed by atoms with Crippen molar-refractivity contribution in [1.29, 1.82) is 0 Å². The Hall–Kier alpha value is -2.34. The van der Waals surface area contributed by atoms with Crippen molar-refractivity contribution in [2.24, 2.45) is 5.92 Å². The number of imide groups is 1. The Morgan fingerprint density at radius 3 is 2.03 bits per heavy atom. The van der Waals surface area contributed by atoms with E-state index in [9.17, 15) is 19.2 Å². The fraction of sp³-hybridized carbons (Fsp3) is 0.214. The molecule has 0 N–H and O–H groups in total. The summed E-state index contributed by atoms with van der Waals surface area (Å²) >= 11 is 13.7. The third-order valence-electron chi connectivity index (χ3n) is 6.84. The van der Waals surface area contributed by atoms with Crippen molar-refractivity contribution in [1.82, 2.24) is 0 Å². The van der Waals surface area contributed by atoms with Gasteiger partial charge in [0.2, 0.25) is 5.91 Å². The summed E-state index contributed by atoms with van der Waals surface area (Å²) < 4.78 is 7.78. The van der Waals surface area contributed by atoms with E-state index in [0.29, 0.717) is 29.1 Å². The van der Waals surface area contributed by atoms with Crippen LogP contribution in [0, 0.1) is 12.8 Å². The average Bonchev–Trinajstić information content (AvgIpc) is 3.43. The number of anilines is 2. The summed E-state index contributed by atoms with van der Waals surface area (Å²) in [7, 11) is 0. The number of aryl methyl sites for hydroxylation is 2. The molecule has 0 aliphatic carbocycles. The lowest BCUT2D eigenvalue weighted by atomic mass is 10.1. The predicted molar refractivity (Wildman–Crippen MR) is 161 cm³/mol. The number of hydrogen-bond donors (Lipinski definition) is 0. The van der Waals surface area contributed by atoms with Gasteiger partial charge in [-0.1, -0.05) is 19.1 Å². The number of esters is 1. The minimum absolute atomic E-state index is 0.0648. The molecule has 0 unspecified atom stereocenters. The highest BCUT2D eigenvalue weighted by Gasteiger charge is 2.42. The molecule has 0 saturated carbocycles. The molecule has 1 fully saturated rings. The van der Waals surface area contributed by atoms with Gasteiger partial charge in [-0.25, -0.2) is 4.90 Å². The van der Waals surface area contributed by atoms with Crippen molar-refractivity contribution in [3.05, 3.63) is 82.6 Å². The van der Waals surface area contributed by atoms with Crippen molar-refractivity contribution in [2.75, 3.05) is 16.3 Å². The van der Waals surface area contributed by atoms with Gasteiger partial charge in [0, 0.05) is 36.5 Å². The predicted octanol–water partition coefficient (Wildman–Crippen LogP) is 7.37. The monoisotopic (exact) mass is 780 g/mol. The summed E-state index contributed by atoms with van der Waals surface area (Å²) in [5.41, 5.74) is 3.37. The molecular formula is C28H20Br4N2O5. The van der Waals surface area contributed by atoms with Gasteiger partial charge in [0.25, 0.3) is 11.8 Å². The van der Waals surface area contributed by atoms with Gasteiger partial charge < -0.3 is 9.64 Å². The van der Waals surface area contributed by atoms with E-state index >= 15 is 0 Å². The maximum Gasteiger partial charge on any atom is 0.316 e. The average molecular weight is 784 g/mol. The van der Waals surface area contributed by atoms with E-state index in [1.165, 1.54) is 11.6 Å². The molecule has 2 aliphatic heterocycles. The van der Waals surface area contributed by atoms with Crippen LogP contribution in [0.3, 0.4) is 0 Å². The van der Waals surface area contributed by atoms with Gasteiger partial charge in [-0.3, -0.25) is 19.2 Å². The van der Waals surface area contributed by atoms with Gasteiger partial charge in [-0.2, -0.15) is 0 Å². The minimum Gasteiger partial charge on any atom is -0.426 e.